The molecule has 0 radical (unpaired) electrons. The van der Waals surface area contributed by atoms with E-state index in [4.69, 9.17) is 5.26 Å². The minimum atomic E-state index is 0.107. The summed E-state index contributed by atoms with van der Waals surface area (Å²) in [5, 5.41) is 8.91. The van der Waals surface area contributed by atoms with Gasteiger partial charge in [0.15, 0.2) is 0 Å². The van der Waals surface area contributed by atoms with Crippen LogP contribution in [0.2, 0.25) is 0 Å². The van der Waals surface area contributed by atoms with Gasteiger partial charge in [-0.2, -0.15) is 5.26 Å². The number of aromatic nitrogens is 1. The summed E-state index contributed by atoms with van der Waals surface area (Å²) in [6.07, 6.45) is 5.79. The molecule has 0 spiro atoms. The maximum atomic E-state index is 8.91. The van der Waals surface area contributed by atoms with E-state index in [2.05, 4.69) is 22.0 Å². The third-order valence-electron chi connectivity index (χ3n) is 2.62. The molecule has 3 nitrogen and oxygen atoms in total. The normalized spacial score (nSPS) is 22.1. The minimum absolute atomic E-state index is 0.107. The molecule has 0 saturated carbocycles. The zero-order valence-electron chi connectivity index (χ0n) is 8.06. The van der Waals surface area contributed by atoms with Crippen molar-refractivity contribution in [2.75, 3.05) is 6.54 Å². The van der Waals surface area contributed by atoms with Crippen LogP contribution < -0.4 is 0 Å². The van der Waals surface area contributed by atoms with Crippen LogP contribution in [0.1, 0.15) is 18.4 Å². The maximum absolute atomic E-state index is 8.91. The fraction of sp³-hybridized carbons (Fsp3) is 0.455. The molecule has 0 aromatic carbocycles. The van der Waals surface area contributed by atoms with E-state index in [1.54, 1.807) is 6.20 Å². The lowest BCUT2D eigenvalue weighted by molar-refractivity contribution is 0.286. The molecule has 1 aliphatic heterocycles. The van der Waals surface area contributed by atoms with E-state index in [9.17, 15) is 0 Å². The monoisotopic (exact) mass is 187 g/mol. The number of nitriles is 1. The Balaban J connectivity index is 2.01. The lowest BCUT2D eigenvalue weighted by Crippen LogP contribution is -2.27. The number of hydrogen-bond acceptors (Lipinski definition) is 3. The van der Waals surface area contributed by atoms with E-state index in [1.165, 1.54) is 5.56 Å². The Morgan fingerprint density at radius 2 is 2.57 bits per heavy atom. The van der Waals surface area contributed by atoms with Crippen molar-refractivity contribution < 1.29 is 0 Å². The zero-order chi connectivity index (χ0) is 9.80. The molecule has 1 saturated heterocycles. The topological polar surface area (TPSA) is 39.9 Å². The third-order valence-corrected chi connectivity index (χ3v) is 2.62. The largest absolute Gasteiger partial charge is 0.284 e. The van der Waals surface area contributed by atoms with E-state index < -0.39 is 0 Å². The van der Waals surface area contributed by atoms with Gasteiger partial charge in [0.05, 0.1) is 12.1 Å². The summed E-state index contributed by atoms with van der Waals surface area (Å²) in [5.41, 5.74) is 1.19. The highest BCUT2D eigenvalue weighted by Crippen LogP contribution is 2.18. The standard InChI is InChI=1S/C11H13N3/c12-7-11-4-2-6-14(11)9-10-3-1-5-13-8-10/h1,3,5,8,11H,2,4,6,9H2. The highest BCUT2D eigenvalue weighted by Gasteiger charge is 2.23. The number of likely N-dealkylation sites (tertiary alicyclic amines) is 1. The summed E-state index contributed by atoms with van der Waals surface area (Å²) < 4.78 is 0. The van der Waals surface area contributed by atoms with Crippen molar-refractivity contribution in [3.63, 3.8) is 0 Å². The van der Waals surface area contributed by atoms with E-state index in [0.717, 1.165) is 25.9 Å². The first-order valence-corrected chi connectivity index (χ1v) is 4.93. The SMILES string of the molecule is N#CC1CCCN1Cc1cccnc1. The second-order valence-electron chi connectivity index (χ2n) is 3.62. The van der Waals surface area contributed by atoms with Gasteiger partial charge < -0.3 is 0 Å². The predicted molar refractivity (Wildman–Crippen MR) is 53.3 cm³/mol. The van der Waals surface area contributed by atoms with Gasteiger partial charge in [-0.15, -0.1) is 0 Å². The molecule has 0 N–H and O–H groups in total. The Labute approximate surface area is 84.0 Å². The fourth-order valence-corrected chi connectivity index (χ4v) is 1.89. The summed E-state index contributed by atoms with van der Waals surface area (Å²) in [4.78, 5) is 6.29. The minimum Gasteiger partial charge on any atom is -0.284 e. The molecule has 0 bridgehead atoms. The van der Waals surface area contributed by atoms with Crippen molar-refractivity contribution >= 4 is 0 Å². The first-order chi connectivity index (χ1) is 6.90. The van der Waals surface area contributed by atoms with Crippen LogP contribution in [0.4, 0.5) is 0 Å². The van der Waals surface area contributed by atoms with Gasteiger partial charge in [-0.25, -0.2) is 0 Å². The van der Waals surface area contributed by atoms with Crippen LogP contribution in [0.25, 0.3) is 0 Å². The number of hydrogen-bond donors (Lipinski definition) is 0. The molecule has 3 heteroatoms. The highest BCUT2D eigenvalue weighted by molar-refractivity contribution is 5.10. The quantitative estimate of drug-likeness (QED) is 0.705. The highest BCUT2D eigenvalue weighted by atomic mass is 15.2. The number of pyridine rings is 1. The fourth-order valence-electron chi connectivity index (χ4n) is 1.89. The van der Waals surface area contributed by atoms with Crippen molar-refractivity contribution in [3.8, 4) is 6.07 Å². The Morgan fingerprint density at radius 1 is 1.64 bits per heavy atom. The van der Waals surface area contributed by atoms with Crippen LogP contribution in [-0.2, 0) is 6.54 Å². The van der Waals surface area contributed by atoms with Gasteiger partial charge in [0.1, 0.15) is 0 Å². The predicted octanol–water partition coefficient (Wildman–Crippen LogP) is 1.57. The van der Waals surface area contributed by atoms with Gasteiger partial charge in [0.2, 0.25) is 0 Å². The number of nitrogens with zero attached hydrogens (tertiary/aromatic N) is 3. The second-order valence-corrected chi connectivity index (χ2v) is 3.62. The lowest BCUT2D eigenvalue weighted by atomic mass is 10.2. The number of rotatable bonds is 2. The van der Waals surface area contributed by atoms with Gasteiger partial charge in [0, 0.05) is 18.9 Å². The molecule has 2 rings (SSSR count). The van der Waals surface area contributed by atoms with Gasteiger partial charge >= 0.3 is 0 Å². The first kappa shape index (κ1) is 9.17. The average molecular weight is 187 g/mol. The van der Waals surface area contributed by atoms with Crippen LogP contribution in [0, 0.1) is 11.3 Å². The molecular weight excluding hydrogens is 174 g/mol. The van der Waals surface area contributed by atoms with E-state index in [0.29, 0.717) is 0 Å². The molecule has 1 aliphatic rings. The summed E-state index contributed by atoms with van der Waals surface area (Å²) in [6.45, 7) is 1.89. The van der Waals surface area contributed by atoms with Gasteiger partial charge in [-0.05, 0) is 31.0 Å². The summed E-state index contributed by atoms with van der Waals surface area (Å²) in [7, 11) is 0. The molecule has 2 heterocycles. The Bertz CT molecular complexity index is 328. The van der Waals surface area contributed by atoms with Crippen molar-refractivity contribution in [3.05, 3.63) is 30.1 Å². The van der Waals surface area contributed by atoms with Gasteiger partial charge in [0.25, 0.3) is 0 Å². The Kier molecular flexibility index (Phi) is 2.76. The molecule has 1 unspecified atom stereocenters. The molecule has 72 valence electrons. The molecule has 1 fully saturated rings. The second kappa shape index (κ2) is 4.21. The lowest BCUT2D eigenvalue weighted by Gasteiger charge is -2.18. The molecular formula is C11H13N3. The van der Waals surface area contributed by atoms with E-state index in [1.807, 2.05) is 12.3 Å². The van der Waals surface area contributed by atoms with Gasteiger partial charge in [-0.3, -0.25) is 9.88 Å². The van der Waals surface area contributed by atoms with Crippen LogP contribution in [0.5, 0.6) is 0 Å². The molecule has 14 heavy (non-hydrogen) atoms. The zero-order valence-corrected chi connectivity index (χ0v) is 8.06. The molecule has 1 atom stereocenters. The molecule has 1 aromatic heterocycles. The third kappa shape index (κ3) is 1.91. The summed E-state index contributed by atoms with van der Waals surface area (Å²) in [5.74, 6) is 0. The molecule has 0 aliphatic carbocycles. The van der Waals surface area contributed by atoms with Crippen molar-refractivity contribution in [1.29, 1.82) is 5.26 Å². The van der Waals surface area contributed by atoms with Crippen molar-refractivity contribution in [2.24, 2.45) is 0 Å². The van der Waals surface area contributed by atoms with Crippen molar-refractivity contribution in [2.45, 2.75) is 25.4 Å². The average Bonchev–Trinajstić information content (AvgIpc) is 2.67. The smallest absolute Gasteiger partial charge is 0.0981 e. The summed E-state index contributed by atoms with van der Waals surface area (Å²) in [6, 6.07) is 6.44. The first-order valence-electron chi connectivity index (χ1n) is 4.93. The van der Waals surface area contributed by atoms with Crippen molar-refractivity contribution in [1.82, 2.24) is 9.88 Å². The Morgan fingerprint density at radius 3 is 3.29 bits per heavy atom. The van der Waals surface area contributed by atoms with E-state index in [-0.39, 0.29) is 6.04 Å². The van der Waals surface area contributed by atoms with E-state index >= 15 is 0 Å². The molecule has 1 aromatic rings. The maximum Gasteiger partial charge on any atom is 0.0981 e. The summed E-state index contributed by atoms with van der Waals surface area (Å²) >= 11 is 0. The van der Waals surface area contributed by atoms with Crippen LogP contribution >= 0.6 is 0 Å². The van der Waals surface area contributed by atoms with Gasteiger partial charge in [-0.1, -0.05) is 6.07 Å². The van der Waals surface area contributed by atoms with Crippen LogP contribution in [-0.4, -0.2) is 22.5 Å². The van der Waals surface area contributed by atoms with Crippen LogP contribution in [0.3, 0.4) is 0 Å². The molecule has 0 amide bonds. The van der Waals surface area contributed by atoms with Crippen LogP contribution in [0.15, 0.2) is 24.5 Å². The Hall–Kier alpha value is -1.40.